The van der Waals surface area contributed by atoms with Crippen molar-refractivity contribution in [1.82, 2.24) is 14.9 Å². The maximum Gasteiger partial charge on any atom is 0.222 e. The molecule has 1 heterocycles. The quantitative estimate of drug-likeness (QED) is 0.540. The lowest BCUT2D eigenvalue weighted by atomic mass is 10.1. The van der Waals surface area contributed by atoms with Crippen molar-refractivity contribution < 1.29 is 4.79 Å². The minimum Gasteiger partial charge on any atom is -0.356 e. The van der Waals surface area contributed by atoms with Gasteiger partial charge in [0.25, 0.3) is 0 Å². The standard InChI is InChI=1S/C24H31N3O/c1-18(2)24(28)25-16-10-4-5-15-23-26-21-13-8-9-14-22(21)27(23)17-20-12-7-6-11-19(20)3/h6-9,11-14,18H,4-5,10,15-17H2,1-3H3,(H,25,28). The molecule has 0 aliphatic rings. The molecule has 148 valence electrons. The van der Waals surface area contributed by atoms with Crippen molar-refractivity contribution in [2.24, 2.45) is 5.92 Å². The number of imidazole rings is 1. The van der Waals surface area contributed by atoms with E-state index in [0.717, 1.165) is 50.1 Å². The highest BCUT2D eigenvalue weighted by molar-refractivity contribution is 5.77. The van der Waals surface area contributed by atoms with Gasteiger partial charge in [0.15, 0.2) is 0 Å². The Labute approximate surface area is 168 Å². The van der Waals surface area contributed by atoms with E-state index in [1.807, 2.05) is 13.8 Å². The summed E-state index contributed by atoms with van der Waals surface area (Å²) in [7, 11) is 0. The van der Waals surface area contributed by atoms with Gasteiger partial charge in [-0.1, -0.05) is 56.7 Å². The fourth-order valence-electron chi connectivity index (χ4n) is 3.45. The fourth-order valence-corrected chi connectivity index (χ4v) is 3.45. The first-order chi connectivity index (χ1) is 13.6. The van der Waals surface area contributed by atoms with Crippen LogP contribution in [0.15, 0.2) is 48.5 Å². The molecule has 0 aliphatic heterocycles. The normalized spacial score (nSPS) is 11.3. The van der Waals surface area contributed by atoms with Crippen molar-refractivity contribution in [1.29, 1.82) is 0 Å². The van der Waals surface area contributed by atoms with Crippen LogP contribution in [0.25, 0.3) is 11.0 Å². The number of carbonyl (C=O) groups is 1. The number of hydrogen-bond donors (Lipinski definition) is 1. The van der Waals surface area contributed by atoms with E-state index >= 15 is 0 Å². The van der Waals surface area contributed by atoms with Crippen LogP contribution in [-0.4, -0.2) is 22.0 Å². The minimum absolute atomic E-state index is 0.0568. The molecular formula is C24H31N3O. The van der Waals surface area contributed by atoms with Crippen LogP contribution in [0, 0.1) is 12.8 Å². The van der Waals surface area contributed by atoms with E-state index in [0.29, 0.717) is 0 Å². The van der Waals surface area contributed by atoms with E-state index in [-0.39, 0.29) is 11.8 Å². The Kier molecular flexibility index (Phi) is 6.85. The number of rotatable bonds is 9. The molecule has 1 N–H and O–H groups in total. The van der Waals surface area contributed by atoms with Gasteiger partial charge in [0, 0.05) is 25.4 Å². The lowest BCUT2D eigenvalue weighted by Crippen LogP contribution is -2.28. The number of amides is 1. The number of nitrogens with one attached hydrogen (secondary N) is 1. The molecule has 0 atom stereocenters. The summed E-state index contributed by atoms with van der Waals surface area (Å²) in [5.74, 6) is 1.34. The monoisotopic (exact) mass is 377 g/mol. The van der Waals surface area contributed by atoms with Gasteiger partial charge in [0.1, 0.15) is 5.82 Å². The number of fused-ring (bicyclic) bond motifs is 1. The highest BCUT2D eigenvalue weighted by atomic mass is 16.1. The van der Waals surface area contributed by atoms with Gasteiger partial charge < -0.3 is 9.88 Å². The Morgan fingerprint density at radius 1 is 1.04 bits per heavy atom. The molecule has 2 aromatic carbocycles. The summed E-state index contributed by atoms with van der Waals surface area (Å²) in [5, 5.41) is 2.99. The van der Waals surface area contributed by atoms with Crippen molar-refractivity contribution in [2.75, 3.05) is 6.54 Å². The van der Waals surface area contributed by atoms with Gasteiger partial charge in [-0.2, -0.15) is 0 Å². The summed E-state index contributed by atoms with van der Waals surface area (Å²) in [6, 6.07) is 16.9. The first-order valence-electron chi connectivity index (χ1n) is 10.3. The van der Waals surface area contributed by atoms with Gasteiger partial charge in [-0.05, 0) is 43.0 Å². The number of hydrogen-bond acceptors (Lipinski definition) is 2. The zero-order chi connectivity index (χ0) is 19.9. The number of aryl methyl sites for hydroxylation is 2. The Balaban J connectivity index is 1.64. The molecule has 1 aromatic heterocycles. The van der Waals surface area contributed by atoms with Crippen molar-refractivity contribution in [3.8, 4) is 0 Å². The fraction of sp³-hybridized carbons (Fsp3) is 0.417. The van der Waals surface area contributed by atoms with Crippen molar-refractivity contribution in [2.45, 2.75) is 53.0 Å². The summed E-state index contributed by atoms with van der Waals surface area (Å²) < 4.78 is 2.36. The van der Waals surface area contributed by atoms with Gasteiger partial charge >= 0.3 is 0 Å². The molecule has 4 heteroatoms. The second kappa shape index (κ2) is 9.54. The second-order valence-corrected chi connectivity index (χ2v) is 7.79. The highest BCUT2D eigenvalue weighted by Gasteiger charge is 2.11. The van der Waals surface area contributed by atoms with Crippen LogP contribution in [0.1, 0.15) is 50.1 Å². The first-order valence-corrected chi connectivity index (χ1v) is 10.3. The van der Waals surface area contributed by atoms with Gasteiger partial charge in [-0.15, -0.1) is 0 Å². The molecule has 1 amide bonds. The second-order valence-electron chi connectivity index (χ2n) is 7.79. The third kappa shape index (κ3) is 5.00. The van der Waals surface area contributed by atoms with Crippen LogP contribution in [-0.2, 0) is 17.8 Å². The SMILES string of the molecule is Cc1ccccc1Cn1c(CCCCCNC(=O)C(C)C)nc2ccccc21. The topological polar surface area (TPSA) is 46.9 Å². The lowest BCUT2D eigenvalue weighted by Gasteiger charge is -2.12. The third-order valence-corrected chi connectivity index (χ3v) is 5.22. The minimum atomic E-state index is 0.0568. The molecule has 28 heavy (non-hydrogen) atoms. The van der Waals surface area contributed by atoms with Gasteiger partial charge in [-0.3, -0.25) is 4.79 Å². The van der Waals surface area contributed by atoms with Gasteiger partial charge in [0.05, 0.1) is 11.0 Å². The van der Waals surface area contributed by atoms with Crippen LogP contribution in [0.3, 0.4) is 0 Å². The molecule has 0 unspecified atom stereocenters. The van der Waals surface area contributed by atoms with Crippen LogP contribution in [0.5, 0.6) is 0 Å². The van der Waals surface area contributed by atoms with Crippen molar-refractivity contribution in [3.05, 3.63) is 65.5 Å². The van der Waals surface area contributed by atoms with Crippen LogP contribution >= 0.6 is 0 Å². The number of unbranched alkanes of at least 4 members (excludes halogenated alkanes) is 2. The molecule has 0 radical (unpaired) electrons. The molecule has 3 aromatic rings. The van der Waals surface area contributed by atoms with Crippen LogP contribution in [0.4, 0.5) is 0 Å². The number of benzene rings is 2. The summed E-state index contributed by atoms with van der Waals surface area (Å²) in [6.45, 7) is 7.63. The number of nitrogens with zero attached hydrogens (tertiary/aromatic N) is 2. The average Bonchev–Trinajstić information content (AvgIpc) is 3.03. The summed E-state index contributed by atoms with van der Waals surface area (Å²) in [6.07, 6.45) is 4.13. The smallest absolute Gasteiger partial charge is 0.222 e. The molecule has 0 bridgehead atoms. The molecule has 0 aliphatic carbocycles. The average molecular weight is 378 g/mol. The Morgan fingerprint density at radius 3 is 2.57 bits per heavy atom. The maximum absolute atomic E-state index is 11.6. The van der Waals surface area contributed by atoms with Crippen LogP contribution < -0.4 is 5.32 Å². The zero-order valence-electron chi connectivity index (χ0n) is 17.2. The van der Waals surface area contributed by atoms with E-state index in [1.54, 1.807) is 0 Å². The largest absolute Gasteiger partial charge is 0.356 e. The Bertz CT molecular complexity index is 926. The van der Waals surface area contributed by atoms with E-state index in [1.165, 1.54) is 16.6 Å². The number of aromatic nitrogens is 2. The van der Waals surface area contributed by atoms with Gasteiger partial charge in [0.2, 0.25) is 5.91 Å². The molecule has 0 fully saturated rings. The van der Waals surface area contributed by atoms with E-state index in [4.69, 9.17) is 4.98 Å². The maximum atomic E-state index is 11.6. The Morgan fingerprint density at radius 2 is 1.79 bits per heavy atom. The molecule has 4 nitrogen and oxygen atoms in total. The molecule has 0 spiro atoms. The summed E-state index contributed by atoms with van der Waals surface area (Å²) in [5.41, 5.74) is 4.91. The predicted octanol–water partition coefficient (Wildman–Crippen LogP) is 4.88. The molecule has 3 rings (SSSR count). The van der Waals surface area contributed by atoms with E-state index < -0.39 is 0 Å². The summed E-state index contributed by atoms with van der Waals surface area (Å²) in [4.78, 5) is 16.5. The number of para-hydroxylation sites is 2. The molecule has 0 saturated heterocycles. The van der Waals surface area contributed by atoms with Crippen LogP contribution in [0.2, 0.25) is 0 Å². The first kappa shape index (κ1) is 20.1. The molecular weight excluding hydrogens is 346 g/mol. The predicted molar refractivity (Wildman–Crippen MR) is 115 cm³/mol. The van der Waals surface area contributed by atoms with Crippen molar-refractivity contribution in [3.63, 3.8) is 0 Å². The summed E-state index contributed by atoms with van der Waals surface area (Å²) >= 11 is 0. The van der Waals surface area contributed by atoms with E-state index in [9.17, 15) is 4.79 Å². The molecule has 0 saturated carbocycles. The number of carbonyl (C=O) groups excluding carboxylic acids is 1. The Hall–Kier alpha value is -2.62. The zero-order valence-corrected chi connectivity index (χ0v) is 17.2. The van der Waals surface area contributed by atoms with Gasteiger partial charge in [-0.25, -0.2) is 4.98 Å². The highest BCUT2D eigenvalue weighted by Crippen LogP contribution is 2.20. The van der Waals surface area contributed by atoms with E-state index in [2.05, 4.69) is 65.3 Å². The van der Waals surface area contributed by atoms with Crippen molar-refractivity contribution >= 4 is 16.9 Å². The lowest BCUT2D eigenvalue weighted by molar-refractivity contribution is -0.123. The third-order valence-electron chi connectivity index (χ3n) is 5.22.